The van der Waals surface area contributed by atoms with E-state index < -0.39 is 16.1 Å². The zero-order chi connectivity index (χ0) is 22.5. The molecular weight excluding hydrogens is 436 g/mol. The van der Waals surface area contributed by atoms with Gasteiger partial charge in [0.25, 0.3) is 0 Å². The number of carbonyl (C=O) groups excluding carboxylic acids is 1. The second kappa shape index (κ2) is 10.0. The Morgan fingerprint density at radius 1 is 1.16 bits per heavy atom. The van der Waals surface area contributed by atoms with Crippen LogP contribution in [0.5, 0.6) is 0 Å². The maximum absolute atomic E-state index is 13.3. The van der Waals surface area contributed by atoms with Gasteiger partial charge in [-0.1, -0.05) is 54.9 Å². The van der Waals surface area contributed by atoms with Crippen molar-refractivity contribution in [3.63, 3.8) is 0 Å². The lowest BCUT2D eigenvalue weighted by Gasteiger charge is -2.39. The summed E-state index contributed by atoms with van der Waals surface area (Å²) < 4.78 is 32.0. The Labute approximate surface area is 189 Å². The Morgan fingerprint density at radius 2 is 1.84 bits per heavy atom. The molecule has 1 aliphatic rings. The van der Waals surface area contributed by atoms with Gasteiger partial charge in [-0.3, -0.25) is 9.10 Å². The monoisotopic (exact) mass is 464 g/mol. The number of nitrogens with zero attached hydrogens (tertiary/aromatic N) is 1. The van der Waals surface area contributed by atoms with E-state index in [4.69, 9.17) is 16.3 Å². The minimum atomic E-state index is -3.71. The van der Waals surface area contributed by atoms with Crippen molar-refractivity contribution < 1.29 is 17.9 Å². The molecule has 168 valence electrons. The number of benzene rings is 2. The highest BCUT2D eigenvalue weighted by Crippen LogP contribution is 2.34. The molecule has 1 saturated heterocycles. The minimum Gasteiger partial charge on any atom is -0.381 e. The molecule has 8 heteroatoms. The van der Waals surface area contributed by atoms with Gasteiger partial charge in [0.1, 0.15) is 6.04 Å². The van der Waals surface area contributed by atoms with E-state index in [9.17, 15) is 13.2 Å². The van der Waals surface area contributed by atoms with Gasteiger partial charge in [-0.15, -0.1) is 0 Å². The zero-order valence-electron chi connectivity index (χ0n) is 17.9. The molecule has 1 fully saturated rings. The summed E-state index contributed by atoms with van der Waals surface area (Å²) in [6, 6.07) is 15.8. The van der Waals surface area contributed by atoms with E-state index in [1.807, 2.05) is 18.2 Å². The average Bonchev–Trinajstić information content (AvgIpc) is 2.76. The van der Waals surface area contributed by atoms with Crippen molar-refractivity contribution in [1.29, 1.82) is 0 Å². The summed E-state index contributed by atoms with van der Waals surface area (Å²) in [5.74, 6) is -0.324. The van der Waals surface area contributed by atoms with Crippen molar-refractivity contribution in [2.75, 3.05) is 30.3 Å². The number of ether oxygens (including phenoxy) is 1. The molecule has 2 aromatic carbocycles. The molecule has 6 nitrogen and oxygen atoms in total. The number of carbonyl (C=O) groups is 1. The van der Waals surface area contributed by atoms with Crippen LogP contribution in [0.2, 0.25) is 5.02 Å². The summed E-state index contributed by atoms with van der Waals surface area (Å²) in [6.07, 6.45) is 3.01. The standard InChI is InChI=1S/C23H29ClN2O4S/c1-3-21(26(31(2,28)29)20-11-7-10-19(24)16-20)22(27)25-17-23(12-14-30-15-13-23)18-8-5-4-6-9-18/h4-11,16,21H,3,12-15,17H2,1-2H3,(H,25,27). The van der Waals surface area contributed by atoms with E-state index in [-0.39, 0.29) is 11.3 Å². The number of rotatable bonds is 8. The van der Waals surface area contributed by atoms with E-state index in [0.29, 0.717) is 36.9 Å². The molecule has 3 rings (SSSR count). The summed E-state index contributed by atoms with van der Waals surface area (Å²) in [6.45, 7) is 3.47. The number of hydrogen-bond donors (Lipinski definition) is 1. The lowest BCUT2D eigenvalue weighted by Crippen LogP contribution is -2.52. The molecule has 1 atom stereocenters. The van der Waals surface area contributed by atoms with E-state index in [2.05, 4.69) is 17.4 Å². The van der Waals surface area contributed by atoms with Crippen LogP contribution in [0, 0.1) is 0 Å². The highest BCUT2D eigenvalue weighted by atomic mass is 35.5. The van der Waals surface area contributed by atoms with Gasteiger partial charge in [-0.25, -0.2) is 8.42 Å². The first-order valence-corrected chi connectivity index (χ1v) is 12.7. The van der Waals surface area contributed by atoms with E-state index >= 15 is 0 Å². The Kier molecular flexibility index (Phi) is 7.62. The molecule has 1 unspecified atom stereocenters. The van der Waals surface area contributed by atoms with Gasteiger partial charge in [0, 0.05) is 30.2 Å². The van der Waals surface area contributed by atoms with Crippen LogP contribution in [0.4, 0.5) is 5.69 Å². The topological polar surface area (TPSA) is 75.7 Å². The van der Waals surface area contributed by atoms with Crippen LogP contribution in [-0.4, -0.2) is 46.4 Å². The third-order valence-corrected chi connectivity index (χ3v) is 7.24. The smallest absolute Gasteiger partial charge is 0.243 e. The molecule has 31 heavy (non-hydrogen) atoms. The predicted octanol–water partition coefficient (Wildman–Crippen LogP) is 3.75. The summed E-state index contributed by atoms with van der Waals surface area (Å²) in [5.41, 5.74) is 1.29. The van der Waals surface area contributed by atoms with E-state index in [1.165, 1.54) is 0 Å². The number of hydrogen-bond acceptors (Lipinski definition) is 4. The average molecular weight is 465 g/mol. The highest BCUT2D eigenvalue weighted by molar-refractivity contribution is 7.92. The van der Waals surface area contributed by atoms with Crippen LogP contribution in [0.15, 0.2) is 54.6 Å². The first-order valence-electron chi connectivity index (χ1n) is 10.4. The zero-order valence-corrected chi connectivity index (χ0v) is 19.5. The van der Waals surface area contributed by atoms with Gasteiger partial charge in [0.15, 0.2) is 0 Å². The Morgan fingerprint density at radius 3 is 2.42 bits per heavy atom. The van der Waals surface area contributed by atoms with E-state index in [1.54, 1.807) is 31.2 Å². The molecule has 1 amide bonds. The first kappa shape index (κ1) is 23.6. The Balaban J connectivity index is 1.85. The third-order valence-electron chi connectivity index (χ3n) is 5.83. The van der Waals surface area contributed by atoms with Crippen LogP contribution in [-0.2, 0) is 25.0 Å². The first-order chi connectivity index (χ1) is 14.8. The Hall–Kier alpha value is -2.09. The largest absolute Gasteiger partial charge is 0.381 e. The van der Waals surface area contributed by atoms with Crippen LogP contribution in [0.1, 0.15) is 31.7 Å². The van der Waals surface area contributed by atoms with Crippen molar-refractivity contribution in [2.45, 2.75) is 37.6 Å². The summed E-state index contributed by atoms with van der Waals surface area (Å²) in [7, 11) is -3.71. The molecular formula is C23H29ClN2O4S. The summed E-state index contributed by atoms with van der Waals surface area (Å²) in [5, 5.41) is 3.46. The molecule has 0 saturated carbocycles. The van der Waals surface area contributed by atoms with Crippen LogP contribution >= 0.6 is 11.6 Å². The summed E-state index contributed by atoms with van der Waals surface area (Å²) >= 11 is 6.08. The number of nitrogens with one attached hydrogen (secondary N) is 1. The van der Waals surface area contributed by atoms with Crippen LogP contribution in [0.25, 0.3) is 0 Å². The maximum atomic E-state index is 13.3. The van der Waals surface area contributed by atoms with Gasteiger partial charge >= 0.3 is 0 Å². The number of sulfonamides is 1. The molecule has 1 N–H and O–H groups in total. The van der Waals surface area contributed by atoms with Crippen molar-refractivity contribution in [3.8, 4) is 0 Å². The predicted molar refractivity (Wildman–Crippen MR) is 124 cm³/mol. The van der Waals surface area contributed by atoms with Crippen molar-refractivity contribution in [3.05, 3.63) is 65.2 Å². The molecule has 1 heterocycles. The van der Waals surface area contributed by atoms with E-state index in [0.717, 1.165) is 29.0 Å². The highest BCUT2D eigenvalue weighted by Gasteiger charge is 2.37. The third kappa shape index (κ3) is 5.59. The Bertz CT molecular complexity index is 992. The van der Waals surface area contributed by atoms with Gasteiger partial charge in [-0.2, -0.15) is 0 Å². The lowest BCUT2D eigenvalue weighted by atomic mass is 9.74. The number of amides is 1. The second-order valence-corrected chi connectivity index (χ2v) is 10.2. The van der Waals surface area contributed by atoms with Gasteiger partial charge in [0.05, 0.1) is 11.9 Å². The molecule has 2 aromatic rings. The normalized spacial score (nSPS) is 17.0. The minimum absolute atomic E-state index is 0.237. The van der Waals surface area contributed by atoms with Gasteiger partial charge in [0.2, 0.25) is 15.9 Å². The molecule has 0 spiro atoms. The maximum Gasteiger partial charge on any atom is 0.243 e. The number of anilines is 1. The fraction of sp³-hybridized carbons (Fsp3) is 0.435. The molecule has 0 aromatic heterocycles. The SMILES string of the molecule is CCC(C(=O)NCC1(c2ccccc2)CCOCC1)N(c1cccc(Cl)c1)S(C)(=O)=O. The molecule has 1 aliphatic heterocycles. The van der Waals surface area contributed by atoms with Gasteiger partial charge < -0.3 is 10.1 Å². The van der Waals surface area contributed by atoms with Crippen molar-refractivity contribution in [2.24, 2.45) is 0 Å². The fourth-order valence-corrected chi connectivity index (χ4v) is 5.56. The van der Waals surface area contributed by atoms with Crippen molar-refractivity contribution >= 4 is 33.2 Å². The quantitative estimate of drug-likeness (QED) is 0.645. The molecule has 0 radical (unpaired) electrons. The van der Waals surface area contributed by atoms with Crippen LogP contribution in [0.3, 0.4) is 0 Å². The molecule has 0 aliphatic carbocycles. The van der Waals surface area contributed by atoms with Gasteiger partial charge in [-0.05, 0) is 43.0 Å². The number of halogens is 1. The second-order valence-electron chi connectivity index (χ2n) is 7.94. The lowest BCUT2D eigenvalue weighted by molar-refractivity contribution is -0.122. The van der Waals surface area contributed by atoms with Crippen molar-refractivity contribution in [1.82, 2.24) is 5.32 Å². The molecule has 0 bridgehead atoms. The van der Waals surface area contributed by atoms with Crippen LogP contribution < -0.4 is 9.62 Å². The summed E-state index contributed by atoms with van der Waals surface area (Å²) in [4.78, 5) is 13.3. The fourth-order valence-electron chi connectivity index (χ4n) is 4.17.